The molecule has 0 amide bonds. The van der Waals surface area contributed by atoms with Crippen molar-refractivity contribution in [1.82, 2.24) is 4.98 Å². The van der Waals surface area contributed by atoms with Gasteiger partial charge in [-0.05, 0) is 41.9 Å². The average Bonchev–Trinajstić information content (AvgIpc) is 2.55. The molecule has 0 aliphatic heterocycles. The molecule has 0 aromatic carbocycles. The summed E-state index contributed by atoms with van der Waals surface area (Å²) in [4.78, 5) is 4.17. The van der Waals surface area contributed by atoms with Crippen molar-refractivity contribution in [3.05, 3.63) is 29.6 Å². The highest BCUT2D eigenvalue weighted by molar-refractivity contribution is 5.36. The third-order valence-electron chi connectivity index (χ3n) is 3.83. The van der Waals surface area contributed by atoms with Gasteiger partial charge in [-0.1, -0.05) is 12.8 Å². The number of hydrogen-bond donors (Lipinski definition) is 1. The van der Waals surface area contributed by atoms with Crippen LogP contribution in [0.15, 0.2) is 18.5 Å². The van der Waals surface area contributed by atoms with Crippen molar-refractivity contribution < 1.29 is 5.11 Å². The van der Waals surface area contributed by atoms with Gasteiger partial charge in [0.15, 0.2) is 0 Å². The summed E-state index contributed by atoms with van der Waals surface area (Å²) < 4.78 is 0. The van der Waals surface area contributed by atoms with E-state index in [0.717, 1.165) is 5.56 Å². The summed E-state index contributed by atoms with van der Waals surface area (Å²) >= 11 is 0. The third kappa shape index (κ3) is 1.04. The van der Waals surface area contributed by atoms with E-state index in [1.54, 1.807) is 6.20 Å². The molecule has 74 valence electrons. The zero-order valence-corrected chi connectivity index (χ0v) is 8.19. The van der Waals surface area contributed by atoms with E-state index in [4.69, 9.17) is 0 Å². The number of nitrogens with zero attached hydrogens (tertiary/aromatic N) is 1. The third-order valence-corrected chi connectivity index (χ3v) is 3.83. The lowest BCUT2D eigenvalue weighted by molar-refractivity contribution is 0.0907. The first-order valence-corrected chi connectivity index (χ1v) is 5.50. The van der Waals surface area contributed by atoms with Crippen molar-refractivity contribution >= 4 is 0 Å². The molecule has 0 unspecified atom stereocenters. The molecule has 0 radical (unpaired) electrons. The molecule has 1 aromatic rings. The molecule has 3 atom stereocenters. The van der Waals surface area contributed by atoms with E-state index in [9.17, 15) is 5.11 Å². The van der Waals surface area contributed by atoms with Crippen LogP contribution in [0, 0.1) is 5.92 Å². The van der Waals surface area contributed by atoms with Gasteiger partial charge in [0.2, 0.25) is 0 Å². The van der Waals surface area contributed by atoms with Crippen LogP contribution in [0.5, 0.6) is 0 Å². The maximum absolute atomic E-state index is 10.1. The van der Waals surface area contributed by atoms with E-state index >= 15 is 0 Å². The summed E-state index contributed by atoms with van der Waals surface area (Å²) in [5.41, 5.74) is 2.45. The van der Waals surface area contributed by atoms with Gasteiger partial charge < -0.3 is 5.11 Å². The zero-order valence-electron chi connectivity index (χ0n) is 8.19. The fraction of sp³-hybridized carbons (Fsp3) is 0.583. The Morgan fingerprint density at radius 2 is 2.07 bits per heavy atom. The standard InChI is InChI=1S/C12H15NO/c14-12-9-4-2-1-3-8(9)11-7-13-6-5-10(11)12/h5-9,12,14H,1-4H2/t8-,9+,12+/m1/s1. The van der Waals surface area contributed by atoms with E-state index in [-0.39, 0.29) is 6.10 Å². The average molecular weight is 189 g/mol. The Hall–Kier alpha value is -0.890. The van der Waals surface area contributed by atoms with E-state index < -0.39 is 0 Å². The van der Waals surface area contributed by atoms with Crippen LogP contribution >= 0.6 is 0 Å². The predicted octanol–water partition coefficient (Wildman–Crippen LogP) is 2.40. The highest BCUT2D eigenvalue weighted by Crippen LogP contribution is 2.51. The summed E-state index contributed by atoms with van der Waals surface area (Å²) in [6.07, 6.45) is 8.52. The molecule has 1 aromatic heterocycles. The summed E-state index contributed by atoms with van der Waals surface area (Å²) in [6, 6.07) is 1.98. The van der Waals surface area contributed by atoms with Gasteiger partial charge in [-0.2, -0.15) is 0 Å². The molecule has 1 saturated carbocycles. The molecule has 14 heavy (non-hydrogen) atoms. The largest absolute Gasteiger partial charge is 0.388 e. The normalized spacial score (nSPS) is 35.1. The van der Waals surface area contributed by atoms with Gasteiger partial charge in [-0.25, -0.2) is 0 Å². The van der Waals surface area contributed by atoms with Gasteiger partial charge in [0, 0.05) is 12.4 Å². The second-order valence-corrected chi connectivity index (χ2v) is 4.50. The fourth-order valence-corrected chi connectivity index (χ4v) is 3.15. The van der Waals surface area contributed by atoms with Crippen LogP contribution in [0.1, 0.15) is 48.8 Å². The zero-order chi connectivity index (χ0) is 9.54. The van der Waals surface area contributed by atoms with Gasteiger partial charge in [-0.3, -0.25) is 4.98 Å². The predicted molar refractivity (Wildman–Crippen MR) is 53.9 cm³/mol. The van der Waals surface area contributed by atoms with Crippen molar-refractivity contribution in [2.75, 3.05) is 0 Å². The molecule has 0 spiro atoms. The number of fused-ring (bicyclic) bond motifs is 3. The molecule has 2 aliphatic rings. The van der Waals surface area contributed by atoms with E-state index in [2.05, 4.69) is 4.98 Å². The number of aliphatic hydroxyl groups excluding tert-OH is 1. The molecule has 1 fully saturated rings. The molecule has 0 saturated heterocycles. The van der Waals surface area contributed by atoms with E-state index in [1.807, 2.05) is 12.3 Å². The van der Waals surface area contributed by atoms with Crippen LogP contribution in [0.25, 0.3) is 0 Å². The first kappa shape index (κ1) is 8.42. The molecule has 2 heteroatoms. The van der Waals surface area contributed by atoms with Crippen LogP contribution < -0.4 is 0 Å². The Balaban J connectivity index is 2.06. The lowest BCUT2D eigenvalue weighted by Crippen LogP contribution is -2.16. The monoisotopic (exact) mass is 189 g/mol. The van der Waals surface area contributed by atoms with Crippen molar-refractivity contribution in [3.63, 3.8) is 0 Å². The van der Waals surface area contributed by atoms with Crippen LogP contribution in [0.3, 0.4) is 0 Å². The quantitative estimate of drug-likeness (QED) is 0.679. The molecular weight excluding hydrogens is 174 g/mol. The van der Waals surface area contributed by atoms with Crippen LogP contribution in [0.4, 0.5) is 0 Å². The smallest absolute Gasteiger partial charge is 0.0827 e. The molecule has 0 bridgehead atoms. The highest BCUT2D eigenvalue weighted by atomic mass is 16.3. The summed E-state index contributed by atoms with van der Waals surface area (Å²) in [5.74, 6) is 1.06. The highest BCUT2D eigenvalue weighted by Gasteiger charge is 2.40. The molecule has 2 nitrogen and oxygen atoms in total. The molecule has 1 N–H and O–H groups in total. The van der Waals surface area contributed by atoms with E-state index in [0.29, 0.717) is 11.8 Å². The molecule has 3 rings (SSSR count). The van der Waals surface area contributed by atoms with Crippen molar-refractivity contribution in [3.8, 4) is 0 Å². The van der Waals surface area contributed by atoms with Crippen molar-refractivity contribution in [2.24, 2.45) is 5.92 Å². The second-order valence-electron chi connectivity index (χ2n) is 4.50. The Morgan fingerprint density at radius 3 is 3.00 bits per heavy atom. The summed E-state index contributed by atoms with van der Waals surface area (Å²) in [7, 11) is 0. The van der Waals surface area contributed by atoms with Gasteiger partial charge in [-0.15, -0.1) is 0 Å². The fourth-order valence-electron chi connectivity index (χ4n) is 3.15. The van der Waals surface area contributed by atoms with Gasteiger partial charge >= 0.3 is 0 Å². The summed E-state index contributed by atoms with van der Waals surface area (Å²) in [6.45, 7) is 0. The summed E-state index contributed by atoms with van der Waals surface area (Å²) in [5, 5.41) is 10.1. The minimum absolute atomic E-state index is 0.224. The van der Waals surface area contributed by atoms with E-state index in [1.165, 1.54) is 31.2 Å². The van der Waals surface area contributed by atoms with Crippen molar-refractivity contribution in [1.29, 1.82) is 0 Å². The van der Waals surface area contributed by atoms with Gasteiger partial charge in [0.25, 0.3) is 0 Å². The first-order valence-electron chi connectivity index (χ1n) is 5.50. The first-order chi connectivity index (χ1) is 6.88. The molecule has 2 aliphatic carbocycles. The lowest BCUT2D eigenvalue weighted by atomic mass is 9.79. The number of hydrogen-bond acceptors (Lipinski definition) is 2. The Labute approximate surface area is 84.0 Å². The van der Waals surface area contributed by atoms with Gasteiger partial charge in [0.1, 0.15) is 0 Å². The minimum atomic E-state index is -0.224. The van der Waals surface area contributed by atoms with Crippen LogP contribution in [-0.2, 0) is 0 Å². The number of aromatic nitrogens is 1. The minimum Gasteiger partial charge on any atom is -0.388 e. The Kier molecular flexibility index (Phi) is 1.84. The number of rotatable bonds is 0. The molecule has 1 heterocycles. The SMILES string of the molecule is O[C@@H]1c2ccncc2[C@@H]2CCCC[C@H]12. The lowest BCUT2D eigenvalue weighted by Gasteiger charge is -2.27. The second kappa shape index (κ2) is 3.06. The van der Waals surface area contributed by atoms with Crippen molar-refractivity contribution in [2.45, 2.75) is 37.7 Å². The maximum atomic E-state index is 10.1. The Bertz CT molecular complexity index is 350. The van der Waals surface area contributed by atoms with Crippen LogP contribution in [0.2, 0.25) is 0 Å². The maximum Gasteiger partial charge on any atom is 0.0827 e. The van der Waals surface area contributed by atoms with Gasteiger partial charge in [0.05, 0.1) is 6.10 Å². The van der Waals surface area contributed by atoms with Crippen LogP contribution in [-0.4, -0.2) is 10.1 Å². The topological polar surface area (TPSA) is 33.1 Å². The number of aliphatic hydroxyl groups is 1. The number of pyridine rings is 1. The Morgan fingerprint density at radius 1 is 1.21 bits per heavy atom. The molecular formula is C12H15NO.